The van der Waals surface area contributed by atoms with Crippen molar-refractivity contribution in [3.05, 3.63) is 29.3 Å². The highest BCUT2D eigenvalue weighted by atomic mass is 35.5. The first kappa shape index (κ1) is 10.8. The minimum absolute atomic E-state index is 0.178. The molecule has 1 fully saturated rings. The molecule has 0 unspecified atom stereocenters. The third kappa shape index (κ3) is 2.86. The van der Waals surface area contributed by atoms with E-state index in [1.165, 1.54) is 6.42 Å². The van der Waals surface area contributed by atoms with E-state index in [0.717, 1.165) is 30.0 Å². The summed E-state index contributed by atoms with van der Waals surface area (Å²) in [5.74, 6) is 0. The summed E-state index contributed by atoms with van der Waals surface area (Å²) >= 11 is 5.90. The quantitative estimate of drug-likeness (QED) is 0.811. The first-order chi connectivity index (χ1) is 7.25. The lowest BCUT2D eigenvalue weighted by molar-refractivity contribution is 0.116. The summed E-state index contributed by atoms with van der Waals surface area (Å²) in [6, 6.07) is 7.82. The van der Waals surface area contributed by atoms with Crippen LogP contribution in [0.4, 0.5) is 5.69 Å². The summed E-state index contributed by atoms with van der Waals surface area (Å²) in [4.78, 5) is 0. The highest BCUT2D eigenvalue weighted by Gasteiger charge is 2.22. The van der Waals surface area contributed by atoms with Gasteiger partial charge in [-0.1, -0.05) is 30.5 Å². The Bertz CT molecular complexity index is 329. The van der Waals surface area contributed by atoms with Crippen LogP contribution in [0, 0.1) is 0 Å². The number of anilines is 1. The van der Waals surface area contributed by atoms with Crippen molar-refractivity contribution >= 4 is 17.3 Å². The maximum atomic E-state index is 9.80. The Morgan fingerprint density at radius 2 is 2.07 bits per heavy atom. The Balaban J connectivity index is 2.01. The van der Waals surface area contributed by atoms with Gasteiger partial charge < -0.3 is 10.4 Å². The third-order valence-corrected chi connectivity index (χ3v) is 3.14. The number of aliphatic hydroxyl groups is 1. The Morgan fingerprint density at radius 1 is 1.27 bits per heavy atom. The number of aliphatic hydroxyl groups excluding tert-OH is 1. The predicted octanol–water partition coefficient (Wildman–Crippen LogP) is 3.06. The van der Waals surface area contributed by atoms with Crippen LogP contribution >= 0.6 is 11.6 Å². The van der Waals surface area contributed by atoms with Gasteiger partial charge in [-0.05, 0) is 31.0 Å². The van der Waals surface area contributed by atoms with E-state index in [0.29, 0.717) is 0 Å². The van der Waals surface area contributed by atoms with Gasteiger partial charge in [-0.3, -0.25) is 0 Å². The summed E-state index contributed by atoms with van der Waals surface area (Å²) in [7, 11) is 0. The summed E-state index contributed by atoms with van der Waals surface area (Å²) in [6.45, 7) is 0. The molecule has 3 heteroatoms. The van der Waals surface area contributed by atoms with Crippen LogP contribution in [0.15, 0.2) is 24.3 Å². The lowest BCUT2D eigenvalue weighted by Gasteiger charge is -2.29. The van der Waals surface area contributed by atoms with Gasteiger partial charge in [0.25, 0.3) is 0 Å². The zero-order valence-electron chi connectivity index (χ0n) is 8.62. The van der Waals surface area contributed by atoms with Crippen LogP contribution in [0.2, 0.25) is 5.02 Å². The van der Waals surface area contributed by atoms with E-state index in [1.54, 1.807) is 0 Å². The second-order valence-electron chi connectivity index (χ2n) is 4.11. The van der Waals surface area contributed by atoms with Crippen molar-refractivity contribution in [3.63, 3.8) is 0 Å². The topological polar surface area (TPSA) is 32.3 Å². The predicted molar refractivity (Wildman–Crippen MR) is 63.3 cm³/mol. The molecule has 0 amide bonds. The number of hydrogen-bond acceptors (Lipinski definition) is 2. The van der Waals surface area contributed by atoms with E-state index >= 15 is 0 Å². The molecule has 1 aromatic rings. The van der Waals surface area contributed by atoms with E-state index in [1.807, 2.05) is 24.3 Å². The molecule has 0 bridgehead atoms. The average molecular weight is 226 g/mol. The Kier molecular flexibility index (Phi) is 3.49. The van der Waals surface area contributed by atoms with Crippen molar-refractivity contribution in [2.45, 2.75) is 37.8 Å². The SMILES string of the molecule is O[C@@H]1CCCC[C@H]1Nc1cccc(Cl)c1. The Labute approximate surface area is 95.3 Å². The molecular weight excluding hydrogens is 210 g/mol. The summed E-state index contributed by atoms with van der Waals surface area (Å²) in [5, 5.41) is 13.9. The summed E-state index contributed by atoms with van der Waals surface area (Å²) in [6.07, 6.45) is 4.04. The van der Waals surface area contributed by atoms with Crippen LogP contribution in [0.1, 0.15) is 25.7 Å². The lowest BCUT2D eigenvalue weighted by Crippen LogP contribution is -2.36. The molecular formula is C12H16ClNO. The van der Waals surface area contributed by atoms with Gasteiger partial charge in [0, 0.05) is 10.7 Å². The number of benzene rings is 1. The van der Waals surface area contributed by atoms with Crippen LogP contribution in [0.3, 0.4) is 0 Å². The zero-order chi connectivity index (χ0) is 10.7. The van der Waals surface area contributed by atoms with Gasteiger partial charge in [0.2, 0.25) is 0 Å². The molecule has 0 aliphatic heterocycles. The second kappa shape index (κ2) is 4.86. The highest BCUT2D eigenvalue weighted by Crippen LogP contribution is 2.23. The Hall–Kier alpha value is -0.730. The number of halogens is 1. The van der Waals surface area contributed by atoms with Crippen molar-refractivity contribution in [3.8, 4) is 0 Å². The minimum atomic E-state index is -0.224. The summed E-state index contributed by atoms with van der Waals surface area (Å²) < 4.78 is 0. The van der Waals surface area contributed by atoms with Gasteiger partial charge in [-0.25, -0.2) is 0 Å². The molecule has 2 nitrogen and oxygen atoms in total. The molecule has 2 rings (SSSR count). The fourth-order valence-electron chi connectivity index (χ4n) is 2.07. The van der Waals surface area contributed by atoms with Crippen molar-refractivity contribution in [1.29, 1.82) is 0 Å². The van der Waals surface area contributed by atoms with Gasteiger partial charge in [0.05, 0.1) is 12.1 Å². The van der Waals surface area contributed by atoms with Crippen molar-refractivity contribution in [2.75, 3.05) is 5.32 Å². The largest absolute Gasteiger partial charge is 0.391 e. The minimum Gasteiger partial charge on any atom is -0.391 e. The molecule has 82 valence electrons. The lowest BCUT2D eigenvalue weighted by atomic mass is 9.92. The number of nitrogens with one attached hydrogen (secondary N) is 1. The van der Waals surface area contributed by atoms with Crippen molar-refractivity contribution in [1.82, 2.24) is 0 Å². The molecule has 0 aromatic heterocycles. The molecule has 2 N–H and O–H groups in total. The molecule has 0 saturated heterocycles. The molecule has 0 radical (unpaired) electrons. The van der Waals surface area contributed by atoms with Gasteiger partial charge in [0.1, 0.15) is 0 Å². The number of hydrogen-bond donors (Lipinski definition) is 2. The smallest absolute Gasteiger partial charge is 0.0741 e. The Morgan fingerprint density at radius 3 is 2.80 bits per heavy atom. The van der Waals surface area contributed by atoms with Crippen LogP contribution in [-0.2, 0) is 0 Å². The van der Waals surface area contributed by atoms with E-state index in [2.05, 4.69) is 5.32 Å². The van der Waals surface area contributed by atoms with E-state index in [4.69, 9.17) is 11.6 Å². The molecule has 15 heavy (non-hydrogen) atoms. The van der Waals surface area contributed by atoms with Gasteiger partial charge in [-0.15, -0.1) is 0 Å². The fraction of sp³-hybridized carbons (Fsp3) is 0.500. The van der Waals surface area contributed by atoms with Gasteiger partial charge >= 0.3 is 0 Å². The van der Waals surface area contributed by atoms with Crippen LogP contribution in [0.25, 0.3) is 0 Å². The standard InChI is InChI=1S/C12H16ClNO/c13-9-4-3-5-10(8-9)14-11-6-1-2-7-12(11)15/h3-5,8,11-12,14-15H,1-2,6-7H2/t11-,12-/m1/s1. The van der Waals surface area contributed by atoms with E-state index < -0.39 is 0 Å². The normalized spacial score (nSPS) is 26.3. The van der Waals surface area contributed by atoms with E-state index in [9.17, 15) is 5.11 Å². The zero-order valence-corrected chi connectivity index (χ0v) is 9.37. The molecule has 0 spiro atoms. The molecule has 1 aliphatic carbocycles. The fourth-order valence-corrected chi connectivity index (χ4v) is 2.26. The molecule has 1 aromatic carbocycles. The van der Waals surface area contributed by atoms with Crippen molar-refractivity contribution < 1.29 is 5.11 Å². The maximum absolute atomic E-state index is 9.80. The highest BCUT2D eigenvalue weighted by molar-refractivity contribution is 6.30. The summed E-state index contributed by atoms with van der Waals surface area (Å²) in [5.41, 5.74) is 0.994. The van der Waals surface area contributed by atoms with E-state index in [-0.39, 0.29) is 12.1 Å². The second-order valence-corrected chi connectivity index (χ2v) is 4.55. The van der Waals surface area contributed by atoms with Crippen LogP contribution in [-0.4, -0.2) is 17.3 Å². The maximum Gasteiger partial charge on any atom is 0.0741 e. The van der Waals surface area contributed by atoms with Gasteiger partial charge in [0.15, 0.2) is 0 Å². The van der Waals surface area contributed by atoms with Crippen LogP contribution < -0.4 is 5.32 Å². The molecule has 0 heterocycles. The van der Waals surface area contributed by atoms with Crippen LogP contribution in [0.5, 0.6) is 0 Å². The first-order valence-electron chi connectivity index (χ1n) is 5.46. The van der Waals surface area contributed by atoms with Gasteiger partial charge in [-0.2, -0.15) is 0 Å². The first-order valence-corrected chi connectivity index (χ1v) is 5.84. The average Bonchev–Trinajstić information content (AvgIpc) is 2.22. The van der Waals surface area contributed by atoms with Crippen molar-refractivity contribution in [2.24, 2.45) is 0 Å². The monoisotopic (exact) mass is 225 g/mol. The molecule has 2 atom stereocenters. The third-order valence-electron chi connectivity index (χ3n) is 2.91. The molecule has 1 aliphatic rings. The molecule has 1 saturated carbocycles. The number of rotatable bonds is 2.